The molecule has 6 rings (SSSR count). The van der Waals surface area contributed by atoms with Crippen LogP contribution in [0.4, 0.5) is 22.7 Å². The number of amides is 1. The fourth-order valence-corrected chi connectivity index (χ4v) is 7.92. The summed E-state index contributed by atoms with van der Waals surface area (Å²) in [4.78, 5) is 61.9. The van der Waals surface area contributed by atoms with Crippen LogP contribution in [0.5, 0.6) is 23.0 Å². The Morgan fingerprint density at radius 2 is 1.63 bits per heavy atom. The fraction of sp³-hybridized carbons (Fsp3) is 0.409. The number of benzene rings is 3. The van der Waals surface area contributed by atoms with Crippen LogP contribution in [0.2, 0.25) is 0 Å². The standard InChI is InChI=1S/C44H51N5O16/c1-19-11-10-12-20(2)43(57)46-34-27(18-45-47-28-14-13-26(48(58)59)17-29(28)49(60)61)38(54)31-32(39(34)55)37(53)24(6)41-33(31)42(56)44(8,65-41)63-16-15-30(62-9)21(3)40(64-25(7)50)23(5)36(52)22(4)35(19)51/h10-19,21-23,30,35-36,40,47,51-55H,1-9H3,(H,46,57)/b11-10-,16-15?,20-12-,45-18+/t19-,21+,22+,23+,30-,35-,36+,40+,44-/m0/s1. The number of nitrogens with zero attached hydrogens (tertiary/aromatic N) is 3. The van der Waals surface area contributed by atoms with E-state index in [0.29, 0.717) is 6.07 Å². The van der Waals surface area contributed by atoms with Crippen molar-refractivity contribution in [1.82, 2.24) is 0 Å². The van der Waals surface area contributed by atoms with Crippen molar-refractivity contribution in [2.24, 2.45) is 28.8 Å². The molecule has 3 aromatic carbocycles. The fourth-order valence-electron chi connectivity index (χ4n) is 7.92. The Kier molecular flexibility index (Phi) is 14.6. The maximum absolute atomic E-state index is 14.5. The zero-order chi connectivity index (χ0) is 48.4. The summed E-state index contributed by atoms with van der Waals surface area (Å²) in [7, 11) is 1.38. The Hall–Kier alpha value is -7.10. The second-order valence-electron chi connectivity index (χ2n) is 16.2. The second-order valence-corrected chi connectivity index (χ2v) is 16.2. The van der Waals surface area contributed by atoms with E-state index in [-0.39, 0.29) is 28.1 Å². The average Bonchev–Trinajstić information content (AvgIpc) is 3.52. The normalized spacial score (nSPS) is 27.7. The molecule has 0 fully saturated rings. The number of methoxy groups -OCH3 is 1. The number of hydrazone groups is 1. The number of hydrogen-bond acceptors (Lipinski definition) is 18. The molecule has 3 aromatic rings. The van der Waals surface area contributed by atoms with Crippen molar-refractivity contribution in [2.75, 3.05) is 17.9 Å². The molecule has 3 aliphatic heterocycles. The minimum absolute atomic E-state index is 0.0189. The zero-order valence-corrected chi connectivity index (χ0v) is 36.9. The highest BCUT2D eigenvalue weighted by Crippen LogP contribution is 2.55. The summed E-state index contributed by atoms with van der Waals surface area (Å²) in [5.41, 5.74) is -0.722. The van der Waals surface area contributed by atoms with E-state index in [4.69, 9.17) is 18.9 Å². The first-order chi connectivity index (χ1) is 30.5. The third-order valence-corrected chi connectivity index (χ3v) is 11.8. The lowest BCUT2D eigenvalue weighted by molar-refractivity contribution is -0.393. The maximum atomic E-state index is 14.5. The van der Waals surface area contributed by atoms with Crippen molar-refractivity contribution < 1.29 is 68.7 Å². The molecule has 65 heavy (non-hydrogen) atoms. The number of ketones is 1. The zero-order valence-electron chi connectivity index (χ0n) is 36.9. The molecule has 0 radical (unpaired) electrons. The van der Waals surface area contributed by atoms with Gasteiger partial charge in [-0.05, 0) is 26.0 Å². The summed E-state index contributed by atoms with van der Waals surface area (Å²) in [6.45, 7) is 11.9. The Labute approximate surface area is 371 Å². The predicted molar refractivity (Wildman–Crippen MR) is 235 cm³/mol. The number of phenols is 3. The van der Waals surface area contributed by atoms with Crippen molar-refractivity contribution in [1.29, 1.82) is 0 Å². The number of carbonyl (C=O) groups excluding carboxylic acids is 3. The van der Waals surface area contributed by atoms with Crippen molar-refractivity contribution in [3.05, 3.63) is 91.3 Å². The Morgan fingerprint density at radius 3 is 2.25 bits per heavy atom. The van der Waals surface area contributed by atoms with E-state index >= 15 is 0 Å². The number of Topliss-reactive ketones (excluding diaryl/α,β-unsaturated/α-hetero) is 1. The number of rotatable bonds is 7. The number of aliphatic hydroxyl groups is 2. The molecule has 348 valence electrons. The number of nitro benzene ring substituents is 2. The van der Waals surface area contributed by atoms with Crippen LogP contribution < -0.4 is 15.5 Å². The number of hydrogen-bond donors (Lipinski definition) is 7. The van der Waals surface area contributed by atoms with Crippen LogP contribution in [0, 0.1) is 50.8 Å². The number of phenolic OH excluding ortho intramolecular Hbond substituents is 3. The molecule has 21 heteroatoms. The number of aromatic hydroxyl groups is 3. The van der Waals surface area contributed by atoms with Crippen molar-refractivity contribution in [3.8, 4) is 23.0 Å². The number of carbonyl (C=O) groups is 3. The van der Waals surface area contributed by atoms with E-state index in [0.717, 1.165) is 24.6 Å². The van der Waals surface area contributed by atoms with E-state index < -0.39 is 132 Å². The molecule has 9 atom stereocenters. The molecular weight excluding hydrogens is 855 g/mol. The third-order valence-electron chi connectivity index (χ3n) is 11.8. The van der Waals surface area contributed by atoms with Gasteiger partial charge in [0, 0.05) is 67.2 Å². The molecule has 0 unspecified atom stereocenters. The van der Waals surface area contributed by atoms with Gasteiger partial charge in [0.05, 0.1) is 68.9 Å². The summed E-state index contributed by atoms with van der Waals surface area (Å²) in [6, 6.07) is 2.68. The van der Waals surface area contributed by atoms with Gasteiger partial charge in [-0.25, -0.2) is 0 Å². The van der Waals surface area contributed by atoms with Gasteiger partial charge in [0.15, 0.2) is 5.75 Å². The van der Waals surface area contributed by atoms with Crippen LogP contribution in [-0.4, -0.2) is 96.6 Å². The minimum atomic E-state index is -2.18. The molecule has 3 aliphatic rings. The van der Waals surface area contributed by atoms with Crippen LogP contribution in [0.25, 0.3) is 10.8 Å². The van der Waals surface area contributed by atoms with Crippen LogP contribution in [0.1, 0.15) is 70.0 Å². The molecule has 3 heterocycles. The number of nitrogens with one attached hydrogen (secondary N) is 2. The minimum Gasteiger partial charge on any atom is -0.507 e. The van der Waals surface area contributed by atoms with Crippen molar-refractivity contribution in [2.45, 2.75) is 85.6 Å². The first kappa shape index (κ1) is 48.9. The van der Waals surface area contributed by atoms with Gasteiger partial charge in [-0.15, -0.1) is 0 Å². The van der Waals surface area contributed by atoms with Gasteiger partial charge in [-0.2, -0.15) is 5.10 Å². The van der Waals surface area contributed by atoms with E-state index in [1.165, 1.54) is 53.0 Å². The molecule has 0 saturated carbocycles. The average molecular weight is 906 g/mol. The van der Waals surface area contributed by atoms with Gasteiger partial charge in [0.1, 0.15) is 29.0 Å². The number of non-ortho nitro benzene ring substituents is 1. The topological polar surface area (TPSA) is 312 Å². The lowest BCUT2D eigenvalue weighted by atomic mass is 9.78. The van der Waals surface area contributed by atoms with Gasteiger partial charge >= 0.3 is 17.4 Å². The summed E-state index contributed by atoms with van der Waals surface area (Å²) in [5, 5.41) is 87.0. The number of ether oxygens (including phenoxy) is 4. The van der Waals surface area contributed by atoms with E-state index in [9.17, 15) is 60.1 Å². The summed E-state index contributed by atoms with van der Waals surface area (Å²) in [6.07, 6.45) is 3.63. The van der Waals surface area contributed by atoms with E-state index in [1.807, 2.05) is 0 Å². The molecule has 0 spiro atoms. The number of esters is 1. The van der Waals surface area contributed by atoms with Gasteiger partial charge in [-0.1, -0.05) is 45.9 Å². The highest BCUT2D eigenvalue weighted by atomic mass is 16.7. The number of nitro groups is 2. The summed E-state index contributed by atoms with van der Waals surface area (Å²) < 4.78 is 23.4. The van der Waals surface area contributed by atoms with Crippen molar-refractivity contribution >= 4 is 57.4 Å². The number of anilines is 2. The van der Waals surface area contributed by atoms with Crippen LogP contribution in [0.3, 0.4) is 0 Å². The lowest BCUT2D eigenvalue weighted by Gasteiger charge is -2.38. The van der Waals surface area contributed by atoms with Gasteiger partial charge in [0.25, 0.3) is 17.4 Å². The monoisotopic (exact) mass is 905 g/mol. The quantitative estimate of drug-likeness (QED) is 0.0356. The molecule has 7 N–H and O–H groups in total. The maximum Gasteiger partial charge on any atom is 0.312 e. The number of aliphatic hydroxyl groups excluding tert-OH is 2. The Bertz CT molecular complexity index is 2550. The molecule has 21 nitrogen and oxygen atoms in total. The predicted octanol–water partition coefficient (Wildman–Crippen LogP) is 6.02. The lowest BCUT2D eigenvalue weighted by Crippen LogP contribution is -2.46. The first-order valence-corrected chi connectivity index (χ1v) is 20.3. The smallest absolute Gasteiger partial charge is 0.312 e. The molecule has 0 saturated heterocycles. The molecule has 5 bridgehead atoms. The van der Waals surface area contributed by atoms with Crippen LogP contribution in [0.15, 0.2) is 59.4 Å². The Morgan fingerprint density at radius 1 is 0.954 bits per heavy atom. The van der Waals surface area contributed by atoms with Crippen molar-refractivity contribution in [3.63, 3.8) is 0 Å². The van der Waals surface area contributed by atoms with E-state index in [2.05, 4.69) is 15.8 Å². The Balaban J connectivity index is 1.73. The highest BCUT2D eigenvalue weighted by Gasteiger charge is 2.50. The SMILES string of the molecule is CO[C@H]1C=CO[C@@]2(C)Oc3c(C)c(O)c4c(O)c(c(/C=N/Nc5ccc([N+](=O)[O-])cc5[N+](=O)[O-])c(O)c4c3C2=O)NC(=O)/C(C)=C\C=C/[C@H](C)[C@H](O)[C@@H](C)[C@@H](O)[C@@H](C)[C@H](OC(C)=O)[C@@H]1C. The number of fused-ring (bicyclic) bond motifs is 14. The molecule has 0 aromatic heterocycles. The van der Waals surface area contributed by atoms with Crippen LogP contribution >= 0.6 is 0 Å². The largest absolute Gasteiger partial charge is 0.507 e. The number of allylic oxidation sites excluding steroid dienone is 2. The highest BCUT2D eigenvalue weighted by molar-refractivity contribution is 6.24. The van der Waals surface area contributed by atoms with Crippen LogP contribution in [-0.2, 0) is 23.8 Å². The summed E-state index contributed by atoms with van der Waals surface area (Å²) >= 11 is 0. The first-order valence-electron chi connectivity index (χ1n) is 20.3. The molecule has 0 aliphatic carbocycles. The van der Waals surface area contributed by atoms with Gasteiger partial charge in [0.2, 0.25) is 0 Å². The van der Waals surface area contributed by atoms with E-state index in [1.54, 1.807) is 33.8 Å². The summed E-state index contributed by atoms with van der Waals surface area (Å²) in [5.74, 6) is -9.97. The molecular formula is C44H51N5O16. The second kappa shape index (κ2) is 19.3. The third kappa shape index (κ3) is 9.57. The molecule has 1 amide bonds. The van der Waals surface area contributed by atoms with Gasteiger partial charge in [-0.3, -0.25) is 40.0 Å². The van der Waals surface area contributed by atoms with Gasteiger partial charge < -0.3 is 49.8 Å².